The number of nitrogens with one attached hydrogen (secondary N) is 1. The molecule has 1 aliphatic rings. The molecule has 1 heterocycles. The monoisotopic (exact) mass is 264 g/mol. The van der Waals surface area contributed by atoms with Gasteiger partial charge in [-0.1, -0.05) is 26.7 Å². The lowest BCUT2D eigenvalue weighted by Crippen LogP contribution is -2.43. The molecule has 5 heteroatoms. The molecular formula is C14H24N4O. The van der Waals surface area contributed by atoms with Crippen LogP contribution in [0.15, 0.2) is 0 Å². The molecule has 2 rings (SSSR count). The number of hydrogen-bond acceptors (Lipinski definition) is 3. The van der Waals surface area contributed by atoms with Crippen molar-refractivity contribution in [3.8, 4) is 0 Å². The van der Waals surface area contributed by atoms with Gasteiger partial charge in [-0.25, -0.2) is 4.98 Å². The number of carbonyl (C=O) groups excluding carboxylic acids is 1. The number of amides is 1. The Hall–Kier alpha value is -1.39. The summed E-state index contributed by atoms with van der Waals surface area (Å²) in [5.41, 5.74) is 0. The first kappa shape index (κ1) is 14.0. The summed E-state index contributed by atoms with van der Waals surface area (Å²) in [4.78, 5) is 18.5. The van der Waals surface area contributed by atoms with Gasteiger partial charge in [-0.3, -0.25) is 9.89 Å². The minimum Gasteiger partial charge on any atom is -0.336 e. The molecule has 1 aliphatic carbocycles. The van der Waals surface area contributed by atoms with E-state index in [0.717, 1.165) is 25.1 Å². The maximum Gasteiger partial charge on any atom is 0.293 e. The Kier molecular flexibility index (Phi) is 4.56. The van der Waals surface area contributed by atoms with Crippen molar-refractivity contribution in [2.45, 2.75) is 58.4 Å². The molecule has 1 amide bonds. The van der Waals surface area contributed by atoms with Gasteiger partial charge in [-0.2, -0.15) is 0 Å². The van der Waals surface area contributed by atoms with Crippen LogP contribution in [0, 0.1) is 5.92 Å². The fourth-order valence-electron chi connectivity index (χ4n) is 2.92. The van der Waals surface area contributed by atoms with E-state index in [0.29, 0.717) is 17.8 Å². The van der Waals surface area contributed by atoms with Crippen molar-refractivity contribution in [2.24, 2.45) is 5.92 Å². The second kappa shape index (κ2) is 6.17. The van der Waals surface area contributed by atoms with Gasteiger partial charge in [0.1, 0.15) is 5.82 Å². The van der Waals surface area contributed by atoms with Crippen molar-refractivity contribution < 1.29 is 4.79 Å². The van der Waals surface area contributed by atoms with Crippen LogP contribution in [0.1, 0.15) is 62.4 Å². The molecule has 5 nitrogen and oxygen atoms in total. The number of hydrogen-bond donors (Lipinski definition) is 1. The highest BCUT2D eigenvalue weighted by atomic mass is 16.2. The zero-order valence-corrected chi connectivity index (χ0v) is 12.1. The summed E-state index contributed by atoms with van der Waals surface area (Å²) >= 11 is 0. The highest BCUT2D eigenvalue weighted by molar-refractivity contribution is 5.90. The smallest absolute Gasteiger partial charge is 0.293 e. The normalized spacial score (nSPS) is 23.3. The zero-order chi connectivity index (χ0) is 13.8. The lowest BCUT2D eigenvalue weighted by Gasteiger charge is -2.35. The van der Waals surface area contributed by atoms with E-state index in [1.165, 1.54) is 19.3 Å². The van der Waals surface area contributed by atoms with Crippen molar-refractivity contribution in [3.05, 3.63) is 11.6 Å². The van der Waals surface area contributed by atoms with Gasteiger partial charge in [-0.15, -0.1) is 5.10 Å². The number of H-pyrrole nitrogens is 1. The highest BCUT2D eigenvalue weighted by Crippen LogP contribution is 2.27. The summed E-state index contributed by atoms with van der Waals surface area (Å²) in [5, 5.41) is 6.90. The topological polar surface area (TPSA) is 61.9 Å². The molecule has 19 heavy (non-hydrogen) atoms. The van der Waals surface area contributed by atoms with Crippen LogP contribution >= 0.6 is 0 Å². The minimum absolute atomic E-state index is 0.0580. The first-order valence-corrected chi connectivity index (χ1v) is 7.32. The van der Waals surface area contributed by atoms with Gasteiger partial charge in [0, 0.05) is 19.5 Å². The predicted molar refractivity (Wildman–Crippen MR) is 73.9 cm³/mol. The Bertz CT molecular complexity index is 429. The summed E-state index contributed by atoms with van der Waals surface area (Å²) < 4.78 is 0. The largest absolute Gasteiger partial charge is 0.336 e. The molecule has 106 valence electrons. The van der Waals surface area contributed by atoms with Crippen LogP contribution in [0.5, 0.6) is 0 Å². The van der Waals surface area contributed by atoms with Crippen molar-refractivity contribution in [1.82, 2.24) is 20.1 Å². The third-order valence-corrected chi connectivity index (χ3v) is 4.09. The number of aromatic nitrogens is 3. The van der Waals surface area contributed by atoms with E-state index >= 15 is 0 Å². The lowest BCUT2D eigenvalue weighted by molar-refractivity contribution is 0.0617. The number of rotatable bonds is 4. The molecule has 2 unspecified atom stereocenters. The van der Waals surface area contributed by atoms with Crippen LogP contribution in [0.2, 0.25) is 0 Å². The molecule has 0 spiro atoms. The Balaban J connectivity index is 2.04. The van der Waals surface area contributed by atoms with E-state index in [1.54, 1.807) is 0 Å². The van der Waals surface area contributed by atoms with Crippen LogP contribution in [-0.2, 0) is 6.42 Å². The first-order valence-electron chi connectivity index (χ1n) is 7.32. The molecule has 1 N–H and O–H groups in total. The molecular weight excluding hydrogens is 240 g/mol. The Morgan fingerprint density at radius 1 is 1.42 bits per heavy atom. The van der Waals surface area contributed by atoms with Gasteiger partial charge in [-0.05, 0) is 25.2 Å². The van der Waals surface area contributed by atoms with E-state index in [2.05, 4.69) is 29.0 Å². The average molecular weight is 264 g/mol. The molecule has 1 aromatic rings. The molecule has 1 aromatic heterocycles. The molecule has 0 aromatic carbocycles. The van der Waals surface area contributed by atoms with Crippen LogP contribution < -0.4 is 0 Å². The molecule has 1 saturated carbocycles. The van der Waals surface area contributed by atoms with Crippen molar-refractivity contribution in [2.75, 3.05) is 7.05 Å². The Labute approximate surface area is 114 Å². The lowest BCUT2D eigenvalue weighted by atomic mass is 9.85. The average Bonchev–Trinajstić information content (AvgIpc) is 2.87. The van der Waals surface area contributed by atoms with Crippen LogP contribution in [0.3, 0.4) is 0 Å². The molecule has 0 saturated heterocycles. The number of aryl methyl sites for hydroxylation is 1. The standard InChI is InChI=1S/C14H24N4O/c1-4-7-12-15-13(17-16-12)14(19)18(3)11-9-6-5-8-10(11)2/h10-11H,4-9H2,1-3H3,(H,15,16,17). The molecule has 0 aliphatic heterocycles. The fraction of sp³-hybridized carbons (Fsp3) is 0.786. The summed E-state index contributed by atoms with van der Waals surface area (Å²) in [5.74, 6) is 1.62. The van der Waals surface area contributed by atoms with E-state index in [-0.39, 0.29) is 5.91 Å². The molecule has 1 fully saturated rings. The second-order valence-electron chi connectivity index (χ2n) is 5.60. The zero-order valence-electron chi connectivity index (χ0n) is 12.1. The van der Waals surface area contributed by atoms with Crippen LogP contribution in [0.25, 0.3) is 0 Å². The number of carbonyl (C=O) groups is 1. The van der Waals surface area contributed by atoms with Gasteiger partial charge in [0.25, 0.3) is 5.91 Å². The minimum atomic E-state index is -0.0580. The van der Waals surface area contributed by atoms with Gasteiger partial charge in [0.2, 0.25) is 5.82 Å². The van der Waals surface area contributed by atoms with E-state index < -0.39 is 0 Å². The maximum absolute atomic E-state index is 12.4. The third kappa shape index (κ3) is 3.14. The van der Waals surface area contributed by atoms with Crippen molar-refractivity contribution >= 4 is 5.91 Å². The predicted octanol–water partition coefficient (Wildman–Crippen LogP) is 2.41. The van der Waals surface area contributed by atoms with Gasteiger partial charge in [0.05, 0.1) is 0 Å². The van der Waals surface area contributed by atoms with Crippen LogP contribution in [0.4, 0.5) is 0 Å². The van der Waals surface area contributed by atoms with Gasteiger partial charge >= 0.3 is 0 Å². The van der Waals surface area contributed by atoms with E-state index in [9.17, 15) is 4.79 Å². The maximum atomic E-state index is 12.4. The van der Waals surface area contributed by atoms with E-state index in [1.807, 2.05) is 11.9 Å². The Morgan fingerprint density at radius 2 is 2.16 bits per heavy atom. The second-order valence-corrected chi connectivity index (χ2v) is 5.60. The molecule has 0 bridgehead atoms. The van der Waals surface area contributed by atoms with Crippen molar-refractivity contribution in [3.63, 3.8) is 0 Å². The summed E-state index contributed by atoms with van der Waals surface area (Å²) in [7, 11) is 1.88. The van der Waals surface area contributed by atoms with Crippen LogP contribution in [-0.4, -0.2) is 39.1 Å². The molecule has 2 atom stereocenters. The SMILES string of the molecule is CCCc1nc(C(=O)N(C)C2CCCCC2C)n[nH]1. The fourth-order valence-corrected chi connectivity index (χ4v) is 2.92. The van der Waals surface area contributed by atoms with E-state index in [4.69, 9.17) is 0 Å². The summed E-state index contributed by atoms with van der Waals surface area (Å²) in [6, 6.07) is 0.328. The quantitative estimate of drug-likeness (QED) is 0.908. The van der Waals surface area contributed by atoms with Crippen molar-refractivity contribution in [1.29, 1.82) is 0 Å². The summed E-state index contributed by atoms with van der Waals surface area (Å²) in [6.07, 6.45) is 6.62. The van der Waals surface area contributed by atoms with Gasteiger partial charge < -0.3 is 4.90 Å². The Morgan fingerprint density at radius 3 is 2.84 bits per heavy atom. The number of nitrogens with zero attached hydrogens (tertiary/aromatic N) is 3. The third-order valence-electron chi connectivity index (χ3n) is 4.09. The first-order chi connectivity index (χ1) is 9.13. The molecule has 0 radical (unpaired) electrons. The highest BCUT2D eigenvalue weighted by Gasteiger charge is 2.29. The summed E-state index contributed by atoms with van der Waals surface area (Å²) in [6.45, 7) is 4.31. The van der Waals surface area contributed by atoms with Gasteiger partial charge in [0.15, 0.2) is 0 Å². The number of aromatic amines is 1.